The Kier molecular flexibility index (Phi) is 5.19. The number of hydrogen-bond acceptors (Lipinski definition) is 3. The van der Waals surface area contributed by atoms with Crippen molar-refractivity contribution >= 4 is 51.8 Å². The van der Waals surface area contributed by atoms with Crippen molar-refractivity contribution in [3.8, 4) is 0 Å². The van der Waals surface area contributed by atoms with Gasteiger partial charge in [-0.15, -0.1) is 0 Å². The summed E-state index contributed by atoms with van der Waals surface area (Å²) in [6, 6.07) is 11.7. The molecular formula is C15H11ClINO3. The van der Waals surface area contributed by atoms with Crippen molar-refractivity contribution in [2.75, 3.05) is 12.4 Å². The maximum absolute atomic E-state index is 12.2. The molecule has 0 radical (unpaired) electrons. The van der Waals surface area contributed by atoms with E-state index in [0.717, 1.165) is 3.57 Å². The lowest BCUT2D eigenvalue weighted by Crippen LogP contribution is -2.15. The lowest BCUT2D eigenvalue weighted by molar-refractivity contribution is 0.0602. The normalized spacial score (nSPS) is 10.0. The molecule has 0 aromatic heterocycles. The lowest BCUT2D eigenvalue weighted by atomic mass is 10.1. The number of ether oxygens (including phenoxy) is 1. The molecule has 0 bridgehead atoms. The first-order chi connectivity index (χ1) is 10.0. The molecule has 2 rings (SSSR count). The summed E-state index contributed by atoms with van der Waals surface area (Å²) < 4.78 is 5.72. The number of nitrogens with one attached hydrogen (secondary N) is 1. The van der Waals surface area contributed by atoms with E-state index in [2.05, 4.69) is 32.6 Å². The van der Waals surface area contributed by atoms with Crippen LogP contribution in [0.3, 0.4) is 0 Å². The topological polar surface area (TPSA) is 55.4 Å². The van der Waals surface area contributed by atoms with Crippen LogP contribution >= 0.6 is 34.2 Å². The van der Waals surface area contributed by atoms with Crippen molar-refractivity contribution in [3.63, 3.8) is 0 Å². The van der Waals surface area contributed by atoms with Crippen molar-refractivity contribution in [2.45, 2.75) is 0 Å². The summed E-state index contributed by atoms with van der Waals surface area (Å²) in [5.41, 5.74) is 1.07. The van der Waals surface area contributed by atoms with Crippen molar-refractivity contribution in [3.05, 3.63) is 62.2 Å². The van der Waals surface area contributed by atoms with Crippen LogP contribution in [0.4, 0.5) is 5.69 Å². The van der Waals surface area contributed by atoms with Gasteiger partial charge in [-0.1, -0.05) is 11.6 Å². The maximum Gasteiger partial charge on any atom is 0.340 e. The highest BCUT2D eigenvalue weighted by Gasteiger charge is 2.15. The minimum absolute atomic E-state index is 0.212. The van der Waals surface area contributed by atoms with E-state index >= 15 is 0 Å². The molecule has 0 fully saturated rings. The van der Waals surface area contributed by atoms with Gasteiger partial charge in [-0.25, -0.2) is 4.79 Å². The Balaban J connectivity index is 2.28. The Morgan fingerprint density at radius 1 is 1.14 bits per heavy atom. The fourth-order valence-electron chi connectivity index (χ4n) is 1.70. The number of methoxy groups -OCH3 is 1. The number of rotatable bonds is 3. The predicted molar refractivity (Wildman–Crippen MR) is 89.9 cm³/mol. The average Bonchev–Trinajstić information content (AvgIpc) is 2.48. The van der Waals surface area contributed by atoms with Crippen molar-refractivity contribution in [1.29, 1.82) is 0 Å². The second-order valence-corrected chi connectivity index (χ2v) is 5.82. The monoisotopic (exact) mass is 415 g/mol. The number of esters is 1. The zero-order chi connectivity index (χ0) is 15.4. The highest BCUT2D eigenvalue weighted by atomic mass is 127. The number of halogens is 2. The molecule has 0 aliphatic rings. The van der Waals surface area contributed by atoms with E-state index in [1.807, 2.05) is 12.1 Å². The zero-order valence-electron chi connectivity index (χ0n) is 11.0. The van der Waals surface area contributed by atoms with Crippen LogP contribution in [0.2, 0.25) is 5.02 Å². The van der Waals surface area contributed by atoms with Gasteiger partial charge in [-0.2, -0.15) is 0 Å². The molecule has 21 heavy (non-hydrogen) atoms. The first-order valence-corrected chi connectivity index (χ1v) is 7.41. The molecule has 6 heteroatoms. The van der Waals surface area contributed by atoms with Crippen LogP contribution in [-0.4, -0.2) is 19.0 Å². The second kappa shape index (κ2) is 6.91. The molecule has 0 aliphatic heterocycles. The van der Waals surface area contributed by atoms with E-state index in [1.165, 1.54) is 13.2 Å². The number of amides is 1. The van der Waals surface area contributed by atoms with E-state index in [-0.39, 0.29) is 11.5 Å². The summed E-state index contributed by atoms with van der Waals surface area (Å²) in [5, 5.41) is 3.08. The van der Waals surface area contributed by atoms with E-state index in [4.69, 9.17) is 11.6 Å². The minimum atomic E-state index is -0.560. The van der Waals surface area contributed by atoms with Crippen molar-refractivity contribution in [2.24, 2.45) is 0 Å². The first kappa shape index (κ1) is 15.8. The molecule has 2 aromatic carbocycles. The van der Waals surface area contributed by atoms with E-state index in [1.54, 1.807) is 24.3 Å². The van der Waals surface area contributed by atoms with Crippen LogP contribution in [0.25, 0.3) is 0 Å². The standard InChI is InChI=1S/C15H11ClINO3/c1-21-15(20)12-8-10(16)4-7-13(12)18-14(19)9-2-5-11(17)6-3-9/h2-8H,1H3,(H,18,19). The molecular weight excluding hydrogens is 405 g/mol. The summed E-state index contributed by atoms with van der Waals surface area (Å²) in [5.74, 6) is -0.866. The molecule has 108 valence electrons. The Morgan fingerprint density at radius 2 is 1.81 bits per heavy atom. The quantitative estimate of drug-likeness (QED) is 0.609. The van der Waals surface area contributed by atoms with E-state index in [0.29, 0.717) is 16.3 Å². The third-order valence-electron chi connectivity index (χ3n) is 2.74. The van der Waals surface area contributed by atoms with Gasteiger partial charge in [-0.05, 0) is 65.1 Å². The molecule has 4 nitrogen and oxygen atoms in total. The van der Waals surface area contributed by atoms with Gasteiger partial charge in [-0.3, -0.25) is 4.79 Å². The molecule has 0 saturated carbocycles. The van der Waals surface area contributed by atoms with E-state index < -0.39 is 5.97 Å². The Labute approximate surface area is 140 Å². The zero-order valence-corrected chi connectivity index (χ0v) is 13.9. The smallest absolute Gasteiger partial charge is 0.340 e. The number of benzene rings is 2. The lowest BCUT2D eigenvalue weighted by Gasteiger charge is -2.10. The maximum atomic E-state index is 12.2. The molecule has 0 heterocycles. The first-order valence-electron chi connectivity index (χ1n) is 5.96. The molecule has 1 N–H and O–H groups in total. The SMILES string of the molecule is COC(=O)c1cc(Cl)ccc1NC(=O)c1ccc(I)cc1. The average molecular weight is 416 g/mol. The molecule has 1 amide bonds. The third kappa shape index (κ3) is 3.95. The molecule has 0 unspecified atom stereocenters. The second-order valence-electron chi connectivity index (χ2n) is 4.14. The van der Waals surface area contributed by atoms with Gasteiger partial charge in [0.05, 0.1) is 18.4 Å². The Hall–Kier alpha value is -1.60. The van der Waals surface area contributed by atoms with Gasteiger partial charge in [0.15, 0.2) is 0 Å². The van der Waals surface area contributed by atoms with Gasteiger partial charge < -0.3 is 10.1 Å². The van der Waals surface area contributed by atoms with Crippen LogP contribution in [0, 0.1) is 3.57 Å². The van der Waals surface area contributed by atoms with Gasteiger partial charge in [0, 0.05) is 14.2 Å². The summed E-state index contributed by atoms with van der Waals surface area (Å²) in [6.45, 7) is 0. The summed E-state index contributed by atoms with van der Waals surface area (Å²) in [6.07, 6.45) is 0. The number of carbonyl (C=O) groups excluding carboxylic acids is 2. The fraction of sp³-hybridized carbons (Fsp3) is 0.0667. The van der Waals surface area contributed by atoms with Crippen LogP contribution in [-0.2, 0) is 4.74 Å². The molecule has 0 spiro atoms. The van der Waals surface area contributed by atoms with Gasteiger partial charge in [0.2, 0.25) is 0 Å². The third-order valence-corrected chi connectivity index (χ3v) is 3.70. The molecule has 2 aromatic rings. The largest absolute Gasteiger partial charge is 0.465 e. The van der Waals surface area contributed by atoms with Gasteiger partial charge in [0.1, 0.15) is 0 Å². The van der Waals surface area contributed by atoms with Crippen LogP contribution < -0.4 is 5.32 Å². The summed E-state index contributed by atoms with van der Waals surface area (Å²) in [7, 11) is 1.27. The molecule has 0 aliphatic carbocycles. The fourth-order valence-corrected chi connectivity index (χ4v) is 2.23. The van der Waals surface area contributed by atoms with Crippen molar-refractivity contribution < 1.29 is 14.3 Å². The Bertz CT molecular complexity index is 686. The minimum Gasteiger partial charge on any atom is -0.465 e. The van der Waals surface area contributed by atoms with Crippen LogP contribution in [0.5, 0.6) is 0 Å². The van der Waals surface area contributed by atoms with Gasteiger partial charge in [0.25, 0.3) is 5.91 Å². The van der Waals surface area contributed by atoms with Crippen molar-refractivity contribution in [1.82, 2.24) is 0 Å². The van der Waals surface area contributed by atoms with Gasteiger partial charge >= 0.3 is 5.97 Å². The number of carbonyl (C=O) groups is 2. The van der Waals surface area contributed by atoms with Crippen LogP contribution in [0.1, 0.15) is 20.7 Å². The van der Waals surface area contributed by atoms with Crippen LogP contribution in [0.15, 0.2) is 42.5 Å². The highest BCUT2D eigenvalue weighted by Crippen LogP contribution is 2.22. The highest BCUT2D eigenvalue weighted by molar-refractivity contribution is 14.1. The molecule has 0 saturated heterocycles. The molecule has 0 atom stereocenters. The number of hydrogen-bond donors (Lipinski definition) is 1. The summed E-state index contributed by atoms with van der Waals surface area (Å²) in [4.78, 5) is 23.9. The van der Waals surface area contributed by atoms with E-state index in [9.17, 15) is 9.59 Å². The summed E-state index contributed by atoms with van der Waals surface area (Å²) >= 11 is 8.03. The number of anilines is 1. The predicted octanol–water partition coefficient (Wildman–Crippen LogP) is 3.98. The Morgan fingerprint density at radius 3 is 2.43 bits per heavy atom.